The van der Waals surface area contributed by atoms with Crippen LogP contribution in [0, 0.1) is 0 Å². The molecule has 6 heteroatoms. The molecule has 0 radical (unpaired) electrons. The average molecular weight is 282 g/mol. The van der Waals surface area contributed by atoms with E-state index in [0.29, 0.717) is 6.54 Å². The van der Waals surface area contributed by atoms with Gasteiger partial charge in [0.15, 0.2) is 0 Å². The fourth-order valence-electron chi connectivity index (χ4n) is 2.63. The Morgan fingerprint density at radius 1 is 1.32 bits per heavy atom. The van der Waals surface area contributed by atoms with Gasteiger partial charge in [0.05, 0.1) is 6.61 Å². The smallest absolute Gasteiger partial charge is 0.310 e. The summed E-state index contributed by atoms with van der Waals surface area (Å²) in [7, 11) is 0. The van der Waals surface area contributed by atoms with Gasteiger partial charge in [-0.2, -0.15) is 0 Å². The van der Waals surface area contributed by atoms with Crippen molar-refractivity contribution < 1.29 is 17.9 Å². The van der Waals surface area contributed by atoms with Gasteiger partial charge in [0.25, 0.3) is 0 Å². The second kappa shape index (κ2) is 6.90. The molecule has 0 aromatic heterocycles. The van der Waals surface area contributed by atoms with Crippen LogP contribution in [0.15, 0.2) is 0 Å². The molecule has 1 atom stereocenters. The lowest BCUT2D eigenvalue weighted by atomic mass is 9.92. The summed E-state index contributed by atoms with van der Waals surface area (Å²) in [5.74, 6) is 0. The number of ether oxygens (including phenoxy) is 1. The largest absolute Gasteiger partial charge is 0.522 e. The van der Waals surface area contributed by atoms with Gasteiger partial charge in [-0.1, -0.05) is 13.8 Å². The fourth-order valence-corrected chi connectivity index (χ4v) is 2.63. The zero-order valence-electron chi connectivity index (χ0n) is 12.0. The van der Waals surface area contributed by atoms with Crippen LogP contribution in [-0.4, -0.2) is 49.1 Å². The molecule has 0 spiro atoms. The van der Waals surface area contributed by atoms with Gasteiger partial charge in [0.2, 0.25) is 0 Å². The zero-order valence-corrected chi connectivity index (χ0v) is 12.0. The van der Waals surface area contributed by atoms with Gasteiger partial charge in [-0.25, -0.2) is 0 Å². The monoisotopic (exact) mass is 282 g/mol. The molecule has 114 valence electrons. The molecule has 1 aliphatic heterocycles. The van der Waals surface area contributed by atoms with E-state index in [9.17, 15) is 13.2 Å². The normalized spacial score (nSPS) is 25.3. The molecule has 3 nitrogen and oxygen atoms in total. The fraction of sp³-hybridized carbons (Fsp3) is 1.00. The van der Waals surface area contributed by atoms with Crippen molar-refractivity contribution in [1.29, 1.82) is 0 Å². The highest BCUT2D eigenvalue weighted by atomic mass is 19.4. The van der Waals surface area contributed by atoms with Gasteiger partial charge in [-0.3, -0.25) is 9.64 Å². The Morgan fingerprint density at radius 3 is 2.47 bits per heavy atom. The highest BCUT2D eigenvalue weighted by molar-refractivity contribution is 4.93. The first-order valence-corrected chi connectivity index (χ1v) is 7.01. The van der Waals surface area contributed by atoms with Crippen LogP contribution in [0.25, 0.3) is 0 Å². The van der Waals surface area contributed by atoms with E-state index in [1.54, 1.807) is 0 Å². The maximum absolute atomic E-state index is 12.0. The van der Waals surface area contributed by atoms with Gasteiger partial charge < -0.3 is 5.32 Å². The molecular formula is C13H25F3N2O. The van der Waals surface area contributed by atoms with Crippen LogP contribution in [0.3, 0.4) is 0 Å². The minimum absolute atomic E-state index is 0.0169. The maximum atomic E-state index is 12.0. The van der Waals surface area contributed by atoms with E-state index >= 15 is 0 Å². The topological polar surface area (TPSA) is 24.5 Å². The van der Waals surface area contributed by atoms with Crippen molar-refractivity contribution in [3.05, 3.63) is 0 Å². The van der Waals surface area contributed by atoms with E-state index in [1.807, 2.05) is 0 Å². The molecule has 0 bridgehead atoms. The van der Waals surface area contributed by atoms with Crippen LogP contribution >= 0.6 is 0 Å². The second-order valence-corrected chi connectivity index (χ2v) is 5.32. The first-order valence-electron chi connectivity index (χ1n) is 7.01. The number of alkyl halides is 3. The van der Waals surface area contributed by atoms with E-state index < -0.39 is 6.36 Å². The van der Waals surface area contributed by atoms with E-state index in [4.69, 9.17) is 0 Å². The molecule has 0 aromatic carbocycles. The van der Waals surface area contributed by atoms with Crippen molar-refractivity contribution >= 4 is 0 Å². The highest BCUT2D eigenvalue weighted by Gasteiger charge is 2.34. The highest BCUT2D eigenvalue weighted by Crippen LogP contribution is 2.23. The van der Waals surface area contributed by atoms with Crippen LogP contribution in [0.2, 0.25) is 0 Å². The third-order valence-corrected chi connectivity index (χ3v) is 4.19. The first kappa shape index (κ1) is 16.7. The molecule has 1 saturated heterocycles. The zero-order chi connectivity index (χ0) is 14.5. The summed E-state index contributed by atoms with van der Waals surface area (Å²) >= 11 is 0. The Kier molecular flexibility index (Phi) is 6.08. The van der Waals surface area contributed by atoms with Crippen molar-refractivity contribution in [2.24, 2.45) is 0 Å². The van der Waals surface area contributed by atoms with Gasteiger partial charge in [0.1, 0.15) is 0 Å². The number of nitrogens with zero attached hydrogens (tertiary/aromatic N) is 1. The molecule has 1 N–H and O–H groups in total. The number of hydrogen-bond donors (Lipinski definition) is 1. The Balaban J connectivity index is 2.57. The Labute approximate surface area is 113 Å². The van der Waals surface area contributed by atoms with Gasteiger partial charge in [0, 0.05) is 24.7 Å². The summed E-state index contributed by atoms with van der Waals surface area (Å²) in [4.78, 5) is 2.11. The minimum atomic E-state index is -4.53. The third kappa shape index (κ3) is 5.28. The van der Waals surface area contributed by atoms with Gasteiger partial charge in [-0.05, 0) is 32.7 Å². The lowest BCUT2D eigenvalue weighted by Crippen LogP contribution is -2.52. The number of hydrogen-bond acceptors (Lipinski definition) is 3. The molecule has 1 aliphatic rings. The van der Waals surface area contributed by atoms with Crippen LogP contribution in [-0.2, 0) is 4.74 Å². The maximum Gasteiger partial charge on any atom is 0.522 e. The SMILES string of the molecule is CCC1(CC)CN(CCOC(F)(F)F)C(C)CCN1. The summed E-state index contributed by atoms with van der Waals surface area (Å²) in [6.45, 7) is 8.04. The van der Waals surface area contributed by atoms with Crippen LogP contribution < -0.4 is 5.32 Å². The van der Waals surface area contributed by atoms with E-state index in [0.717, 1.165) is 32.4 Å². The van der Waals surface area contributed by atoms with Crippen LogP contribution in [0.4, 0.5) is 13.2 Å². The predicted molar refractivity (Wildman–Crippen MR) is 69.0 cm³/mol. The quantitative estimate of drug-likeness (QED) is 0.839. The molecule has 0 amide bonds. The molecular weight excluding hydrogens is 257 g/mol. The number of rotatable bonds is 5. The molecule has 1 heterocycles. The Morgan fingerprint density at radius 2 is 1.95 bits per heavy atom. The summed E-state index contributed by atoms with van der Waals surface area (Å²) in [5.41, 5.74) is 0.0169. The summed E-state index contributed by atoms with van der Waals surface area (Å²) in [5, 5.41) is 3.56. The molecule has 1 fully saturated rings. The predicted octanol–water partition coefficient (Wildman–Crippen LogP) is 2.77. The van der Waals surface area contributed by atoms with Crippen molar-refractivity contribution in [2.45, 2.75) is 58.0 Å². The molecule has 1 rings (SSSR count). The summed E-state index contributed by atoms with van der Waals surface area (Å²) < 4.78 is 40.0. The van der Waals surface area contributed by atoms with Gasteiger partial charge >= 0.3 is 6.36 Å². The van der Waals surface area contributed by atoms with E-state index in [2.05, 4.69) is 35.7 Å². The summed E-state index contributed by atoms with van der Waals surface area (Å²) in [6.07, 6.45) is -1.62. The third-order valence-electron chi connectivity index (χ3n) is 4.19. The lowest BCUT2D eigenvalue weighted by molar-refractivity contribution is -0.325. The molecule has 0 aliphatic carbocycles. The van der Waals surface area contributed by atoms with Crippen LogP contribution in [0.5, 0.6) is 0 Å². The van der Waals surface area contributed by atoms with E-state index in [-0.39, 0.29) is 18.2 Å². The average Bonchev–Trinajstić information content (AvgIpc) is 2.49. The number of halogens is 3. The van der Waals surface area contributed by atoms with Crippen molar-refractivity contribution in [2.75, 3.05) is 26.2 Å². The molecule has 19 heavy (non-hydrogen) atoms. The van der Waals surface area contributed by atoms with Crippen molar-refractivity contribution in [3.8, 4) is 0 Å². The van der Waals surface area contributed by atoms with E-state index in [1.165, 1.54) is 0 Å². The minimum Gasteiger partial charge on any atom is -0.310 e. The second-order valence-electron chi connectivity index (χ2n) is 5.32. The molecule has 0 saturated carbocycles. The van der Waals surface area contributed by atoms with Crippen molar-refractivity contribution in [3.63, 3.8) is 0 Å². The lowest BCUT2D eigenvalue weighted by Gasteiger charge is -2.37. The number of nitrogens with one attached hydrogen (secondary N) is 1. The Bertz CT molecular complexity index is 267. The Hall–Kier alpha value is -0.330. The standard InChI is InChI=1S/C13H25F3N2O/c1-4-12(5-2)10-18(11(3)6-7-17-12)8-9-19-13(14,15)16/h11,17H,4-10H2,1-3H3. The first-order chi connectivity index (χ1) is 8.82. The molecule has 0 aromatic rings. The molecule has 1 unspecified atom stereocenters. The van der Waals surface area contributed by atoms with Crippen molar-refractivity contribution in [1.82, 2.24) is 10.2 Å². The summed E-state index contributed by atoms with van der Waals surface area (Å²) in [6, 6.07) is 0.282. The van der Waals surface area contributed by atoms with Crippen LogP contribution in [0.1, 0.15) is 40.0 Å². The van der Waals surface area contributed by atoms with Gasteiger partial charge in [-0.15, -0.1) is 13.2 Å².